The number of carbonyl (C=O) groups is 5. The second-order valence-corrected chi connectivity index (χ2v) is 8.25. The Morgan fingerprint density at radius 2 is 1.88 bits per heavy atom. The van der Waals surface area contributed by atoms with E-state index in [1.165, 1.54) is 0 Å². The molecular formula is C24H25N3O6. The fourth-order valence-corrected chi connectivity index (χ4v) is 4.38. The van der Waals surface area contributed by atoms with Crippen molar-refractivity contribution in [3.8, 4) is 0 Å². The number of hydrogen-bond donors (Lipinski definition) is 1. The molecule has 0 saturated carbocycles. The molecule has 0 spiro atoms. The first-order valence-corrected chi connectivity index (χ1v) is 10.9. The van der Waals surface area contributed by atoms with Crippen molar-refractivity contribution in [3.63, 3.8) is 0 Å². The first-order chi connectivity index (χ1) is 15.9. The second-order valence-electron chi connectivity index (χ2n) is 8.25. The van der Waals surface area contributed by atoms with Crippen molar-refractivity contribution < 1.29 is 28.7 Å². The van der Waals surface area contributed by atoms with E-state index in [0.717, 1.165) is 15.4 Å². The fourth-order valence-electron chi connectivity index (χ4n) is 4.38. The maximum absolute atomic E-state index is 13.0. The number of fused-ring (bicyclic) bond motifs is 1. The molecule has 2 N–H and O–H groups in total. The van der Waals surface area contributed by atoms with E-state index >= 15 is 0 Å². The lowest BCUT2D eigenvalue weighted by Gasteiger charge is -2.34. The Labute approximate surface area is 190 Å². The van der Waals surface area contributed by atoms with Crippen LogP contribution in [-0.4, -0.2) is 64.6 Å². The largest absolute Gasteiger partial charge is 0.463 e. The van der Waals surface area contributed by atoms with Gasteiger partial charge in [0, 0.05) is 12.0 Å². The summed E-state index contributed by atoms with van der Waals surface area (Å²) >= 11 is 0. The molecule has 0 bridgehead atoms. The van der Waals surface area contributed by atoms with Gasteiger partial charge in [-0.15, -0.1) is 0 Å². The van der Waals surface area contributed by atoms with Crippen LogP contribution in [0.3, 0.4) is 0 Å². The zero-order chi connectivity index (χ0) is 23.5. The second kappa shape index (κ2) is 9.50. The van der Waals surface area contributed by atoms with Crippen LogP contribution in [0.5, 0.6) is 0 Å². The molecule has 2 saturated heterocycles. The molecule has 2 heterocycles. The summed E-state index contributed by atoms with van der Waals surface area (Å²) in [4.78, 5) is 65.1. The van der Waals surface area contributed by atoms with Crippen LogP contribution in [0.4, 0.5) is 0 Å². The molecule has 3 aliphatic rings. The molecule has 1 aromatic carbocycles. The van der Waals surface area contributed by atoms with E-state index < -0.39 is 47.6 Å². The molecular weight excluding hydrogens is 426 g/mol. The van der Waals surface area contributed by atoms with Crippen molar-refractivity contribution in [2.24, 2.45) is 11.7 Å². The molecule has 3 atom stereocenters. The van der Waals surface area contributed by atoms with Crippen molar-refractivity contribution in [1.82, 2.24) is 9.80 Å². The van der Waals surface area contributed by atoms with Gasteiger partial charge in [0.25, 0.3) is 11.8 Å². The Kier molecular flexibility index (Phi) is 6.50. The van der Waals surface area contributed by atoms with Gasteiger partial charge >= 0.3 is 5.97 Å². The normalized spacial score (nSPS) is 23.5. The molecule has 4 rings (SSSR count). The molecule has 2 aliphatic heterocycles. The third-order valence-electron chi connectivity index (χ3n) is 6.12. The minimum absolute atomic E-state index is 0.0108. The van der Waals surface area contributed by atoms with Gasteiger partial charge in [0.05, 0.1) is 12.5 Å². The van der Waals surface area contributed by atoms with Gasteiger partial charge in [0.2, 0.25) is 11.8 Å². The monoisotopic (exact) mass is 451 g/mol. The quantitative estimate of drug-likeness (QED) is 0.472. The van der Waals surface area contributed by atoms with E-state index in [9.17, 15) is 24.0 Å². The number of carbonyl (C=O) groups excluding carboxylic acids is 5. The standard InChI is InChI=1S/C24H25N3O6/c25-18(14-15-6-2-1-3-7-15)24(32)33-13-12-26-20(28)11-10-19(23(26)31)27-21(29)16-8-4-5-9-17(16)22(27)30/h1-8,17-19H,9-14,25H2. The van der Waals surface area contributed by atoms with Crippen LogP contribution in [0.15, 0.2) is 54.1 Å². The molecule has 1 aromatic rings. The van der Waals surface area contributed by atoms with Crippen LogP contribution < -0.4 is 5.73 Å². The highest BCUT2D eigenvalue weighted by molar-refractivity contribution is 6.18. The molecule has 9 heteroatoms. The number of nitrogens with zero attached hydrogens (tertiary/aromatic N) is 2. The molecule has 3 unspecified atom stereocenters. The molecule has 9 nitrogen and oxygen atoms in total. The van der Waals surface area contributed by atoms with Gasteiger partial charge < -0.3 is 10.5 Å². The van der Waals surface area contributed by atoms with Gasteiger partial charge in [-0.05, 0) is 24.8 Å². The third-order valence-corrected chi connectivity index (χ3v) is 6.12. The summed E-state index contributed by atoms with van der Waals surface area (Å²) in [7, 11) is 0. The zero-order valence-electron chi connectivity index (χ0n) is 18.0. The van der Waals surface area contributed by atoms with E-state index in [4.69, 9.17) is 10.5 Å². The minimum Gasteiger partial charge on any atom is -0.463 e. The van der Waals surface area contributed by atoms with E-state index in [2.05, 4.69) is 0 Å². The fraction of sp³-hybridized carbons (Fsp3) is 0.375. The van der Waals surface area contributed by atoms with E-state index in [1.807, 2.05) is 30.3 Å². The number of nitrogens with two attached hydrogens (primary N) is 1. The predicted octanol–water partition coefficient (Wildman–Crippen LogP) is 0.488. The number of rotatable bonds is 7. The predicted molar refractivity (Wildman–Crippen MR) is 116 cm³/mol. The molecule has 0 aromatic heterocycles. The van der Waals surface area contributed by atoms with E-state index in [1.54, 1.807) is 18.2 Å². The lowest BCUT2D eigenvalue weighted by atomic mass is 9.94. The van der Waals surface area contributed by atoms with Crippen molar-refractivity contribution in [2.45, 2.75) is 37.8 Å². The van der Waals surface area contributed by atoms with Crippen molar-refractivity contribution >= 4 is 29.6 Å². The lowest BCUT2D eigenvalue weighted by Crippen LogP contribution is -2.56. The number of amides is 4. The summed E-state index contributed by atoms with van der Waals surface area (Å²) in [6.45, 7) is -0.382. The highest BCUT2D eigenvalue weighted by atomic mass is 16.5. The van der Waals surface area contributed by atoms with E-state index in [0.29, 0.717) is 18.4 Å². The van der Waals surface area contributed by atoms with Gasteiger partial charge in [-0.1, -0.05) is 48.6 Å². The first kappa shape index (κ1) is 22.6. The molecule has 4 amide bonds. The van der Waals surface area contributed by atoms with Crippen LogP contribution in [0, 0.1) is 5.92 Å². The minimum atomic E-state index is -1.04. The van der Waals surface area contributed by atoms with Gasteiger partial charge in [-0.3, -0.25) is 33.8 Å². The average Bonchev–Trinajstić information content (AvgIpc) is 3.07. The van der Waals surface area contributed by atoms with Crippen molar-refractivity contribution in [1.29, 1.82) is 0 Å². The van der Waals surface area contributed by atoms with Crippen molar-refractivity contribution in [2.75, 3.05) is 13.2 Å². The summed E-state index contributed by atoms with van der Waals surface area (Å²) < 4.78 is 5.18. The molecule has 0 radical (unpaired) electrons. The van der Waals surface area contributed by atoms with Gasteiger partial charge in [0.1, 0.15) is 18.7 Å². The Morgan fingerprint density at radius 3 is 2.61 bits per heavy atom. The smallest absolute Gasteiger partial charge is 0.323 e. The van der Waals surface area contributed by atoms with Crippen LogP contribution in [0.1, 0.15) is 24.8 Å². The van der Waals surface area contributed by atoms with Crippen LogP contribution in [-0.2, 0) is 35.1 Å². The van der Waals surface area contributed by atoms with Crippen LogP contribution in [0.2, 0.25) is 0 Å². The summed E-state index contributed by atoms with van der Waals surface area (Å²) in [5.41, 5.74) is 7.16. The van der Waals surface area contributed by atoms with Gasteiger partial charge in [0.15, 0.2) is 0 Å². The number of hydrogen-bond acceptors (Lipinski definition) is 7. The first-order valence-electron chi connectivity index (χ1n) is 10.9. The number of ether oxygens (including phenoxy) is 1. The maximum Gasteiger partial charge on any atom is 0.323 e. The Balaban J connectivity index is 1.35. The average molecular weight is 451 g/mol. The summed E-state index contributed by atoms with van der Waals surface area (Å²) in [6.07, 6.45) is 5.93. The molecule has 33 heavy (non-hydrogen) atoms. The van der Waals surface area contributed by atoms with Gasteiger partial charge in [-0.2, -0.15) is 0 Å². The number of benzene rings is 1. The number of allylic oxidation sites excluding steroid dienone is 3. The number of imide groups is 2. The highest BCUT2D eigenvalue weighted by Crippen LogP contribution is 2.34. The van der Waals surface area contributed by atoms with Crippen molar-refractivity contribution in [3.05, 3.63) is 59.7 Å². The Bertz CT molecular complexity index is 1050. The molecule has 1 aliphatic carbocycles. The highest BCUT2D eigenvalue weighted by Gasteiger charge is 2.50. The molecule has 172 valence electrons. The third kappa shape index (κ3) is 4.49. The topological polar surface area (TPSA) is 127 Å². The summed E-state index contributed by atoms with van der Waals surface area (Å²) in [6, 6.07) is 7.33. The van der Waals surface area contributed by atoms with Crippen LogP contribution in [0.25, 0.3) is 0 Å². The van der Waals surface area contributed by atoms with Gasteiger partial charge in [-0.25, -0.2) is 0 Å². The summed E-state index contributed by atoms with van der Waals surface area (Å²) in [5, 5.41) is 0. The zero-order valence-corrected chi connectivity index (χ0v) is 18.0. The number of likely N-dealkylation sites (tertiary alicyclic amines) is 2. The molecule has 2 fully saturated rings. The maximum atomic E-state index is 13.0. The Hall–Kier alpha value is -3.59. The Morgan fingerprint density at radius 1 is 1.12 bits per heavy atom. The van der Waals surface area contributed by atoms with Crippen LogP contribution >= 0.6 is 0 Å². The SMILES string of the molecule is NC(Cc1ccccc1)C(=O)OCCN1C(=O)CCC(N2C(=O)C3=CC=CCC3C2=O)C1=O. The van der Waals surface area contributed by atoms with E-state index in [-0.39, 0.29) is 26.0 Å². The lowest BCUT2D eigenvalue weighted by molar-refractivity contribution is -0.161. The number of esters is 1. The summed E-state index contributed by atoms with van der Waals surface area (Å²) in [5.74, 6) is -3.18. The number of piperidine rings is 1.